The van der Waals surface area contributed by atoms with E-state index in [4.69, 9.17) is 4.74 Å². The Labute approximate surface area is 181 Å². The Morgan fingerprint density at radius 1 is 1.23 bits per heavy atom. The van der Waals surface area contributed by atoms with E-state index in [2.05, 4.69) is 25.1 Å². The smallest absolute Gasteiger partial charge is 0.267 e. The lowest BCUT2D eigenvalue weighted by Gasteiger charge is -2.23. The molecule has 3 aromatic rings. The molecule has 0 saturated carbocycles. The number of ether oxygens (including phenoxy) is 1. The van der Waals surface area contributed by atoms with Crippen LogP contribution in [0, 0.1) is 13.8 Å². The fraction of sp³-hybridized carbons (Fsp3) is 0.381. The topological polar surface area (TPSA) is 111 Å². The van der Waals surface area contributed by atoms with Crippen LogP contribution < -0.4 is 14.8 Å². The predicted molar refractivity (Wildman–Crippen MR) is 117 cm³/mol. The molecule has 3 heterocycles. The van der Waals surface area contributed by atoms with Gasteiger partial charge in [0.25, 0.3) is 10.0 Å². The molecule has 0 amide bonds. The Kier molecular flexibility index (Phi) is 5.92. The maximum atomic E-state index is 12.8. The van der Waals surface area contributed by atoms with Gasteiger partial charge in [0, 0.05) is 31.4 Å². The van der Waals surface area contributed by atoms with Gasteiger partial charge in [-0.1, -0.05) is 18.2 Å². The van der Waals surface area contributed by atoms with Crippen LogP contribution in [-0.2, 0) is 17.1 Å². The van der Waals surface area contributed by atoms with Gasteiger partial charge in [-0.25, -0.2) is 18.1 Å². The number of aromatic nitrogens is 4. The minimum atomic E-state index is -3.89. The Bertz CT molecular complexity index is 1170. The lowest BCUT2D eigenvalue weighted by atomic mass is 10.00. The molecule has 1 aliphatic heterocycles. The summed E-state index contributed by atoms with van der Waals surface area (Å²) in [5.74, 6) is 0.299. The van der Waals surface area contributed by atoms with Crippen molar-refractivity contribution in [2.75, 3.05) is 17.8 Å². The number of hydrogen-bond acceptors (Lipinski definition) is 7. The molecule has 2 aromatic heterocycles. The van der Waals surface area contributed by atoms with Gasteiger partial charge >= 0.3 is 0 Å². The van der Waals surface area contributed by atoms with Crippen LogP contribution in [0.4, 0.5) is 5.95 Å². The third-order valence-electron chi connectivity index (χ3n) is 5.20. The fourth-order valence-corrected chi connectivity index (χ4v) is 4.61. The highest BCUT2D eigenvalue weighted by atomic mass is 32.2. The standard InChI is InChI=1S/C21H26N6O3S/c1-14-6-4-7-15(2)20(14)18-10-19(30-16-8-5-9-22-11-16)25-21(24-18)26-31(28,29)17-12-23-27(3)13-17/h4,6-7,10,12-13,16,22H,5,8-9,11H2,1-3H3,(H,24,25,26). The van der Waals surface area contributed by atoms with Crippen molar-refractivity contribution in [1.29, 1.82) is 0 Å². The summed E-state index contributed by atoms with van der Waals surface area (Å²) < 4.78 is 35.6. The summed E-state index contributed by atoms with van der Waals surface area (Å²) in [4.78, 5) is 8.90. The van der Waals surface area contributed by atoms with E-state index in [9.17, 15) is 8.42 Å². The summed E-state index contributed by atoms with van der Waals surface area (Å²) in [6.07, 6.45) is 4.59. The average Bonchev–Trinajstić information content (AvgIpc) is 3.16. The summed E-state index contributed by atoms with van der Waals surface area (Å²) in [7, 11) is -2.23. The second-order valence-corrected chi connectivity index (χ2v) is 9.41. The highest BCUT2D eigenvalue weighted by Crippen LogP contribution is 2.30. The van der Waals surface area contributed by atoms with Crippen LogP contribution >= 0.6 is 0 Å². The molecule has 31 heavy (non-hydrogen) atoms. The maximum Gasteiger partial charge on any atom is 0.267 e. The van der Waals surface area contributed by atoms with Gasteiger partial charge in [-0.3, -0.25) is 4.68 Å². The first-order valence-electron chi connectivity index (χ1n) is 10.2. The molecule has 2 N–H and O–H groups in total. The summed E-state index contributed by atoms with van der Waals surface area (Å²) in [5, 5.41) is 7.24. The van der Waals surface area contributed by atoms with Crippen molar-refractivity contribution >= 4 is 16.0 Å². The van der Waals surface area contributed by atoms with Crippen LogP contribution in [0.3, 0.4) is 0 Å². The van der Waals surface area contributed by atoms with E-state index in [0.717, 1.165) is 42.6 Å². The highest BCUT2D eigenvalue weighted by molar-refractivity contribution is 7.92. The van der Waals surface area contributed by atoms with Crippen molar-refractivity contribution in [3.63, 3.8) is 0 Å². The summed E-state index contributed by atoms with van der Waals surface area (Å²) >= 11 is 0. The largest absolute Gasteiger partial charge is 0.473 e. The molecule has 1 saturated heterocycles. The quantitative estimate of drug-likeness (QED) is 0.603. The van der Waals surface area contributed by atoms with Gasteiger partial charge in [0.15, 0.2) is 0 Å². The van der Waals surface area contributed by atoms with E-state index < -0.39 is 10.0 Å². The van der Waals surface area contributed by atoms with Crippen molar-refractivity contribution in [2.24, 2.45) is 7.05 Å². The lowest BCUT2D eigenvalue weighted by Crippen LogP contribution is -2.37. The highest BCUT2D eigenvalue weighted by Gasteiger charge is 2.21. The molecule has 1 aromatic carbocycles. The van der Waals surface area contributed by atoms with Crippen LogP contribution in [0.2, 0.25) is 0 Å². The monoisotopic (exact) mass is 442 g/mol. The zero-order valence-electron chi connectivity index (χ0n) is 17.8. The van der Waals surface area contributed by atoms with Crippen LogP contribution in [0.5, 0.6) is 5.88 Å². The molecule has 1 fully saturated rings. The summed E-state index contributed by atoms with van der Waals surface area (Å²) in [6.45, 7) is 5.68. The number of benzene rings is 1. The van der Waals surface area contributed by atoms with E-state index in [1.807, 2.05) is 32.0 Å². The SMILES string of the molecule is Cc1cccc(C)c1-c1cc(OC2CCCNC2)nc(NS(=O)(=O)c2cnn(C)c2)n1. The first kappa shape index (κ1) is 21.3. The zero-order chi connectivity index (χ0) is 22.0. The number of rotatable bonds is 6. The zero-order valence-corrected chi connectivity index (χ0v) is 18.6. The number of piperidine rings is 1. The summed E-state index contributed by atoms with van der Waals surface area (Å²) in [6, 6.07) is 7.74. The van der Waals surface area contributed by atoms with E-state index in [1.54, 1.807) is 13.1 Å². The Morgan fingerprint density at radius 3 is 2.65 bits per heavy atom. The lowest BCUT2D eigenvalue weighted by molar-refractivity contribution is 0.160. The van der Waals surface area contributed by atoms with Crippen LogP contribution in [0.15, 0.2) is 41.6 Å². The second-order valence-electron chi connectivity index (χ2n) is 7.72. The average molecular weight is 443 g/mol. The number of anilines is 1. The van der Waals surface area contributed by atoms with Gasteiger partial charge in [-0.05, 0) is 44.4 Å². The van der Waals surface area contributed by atoms with E-state index in [1.165, 1.54) is 17.1 Å². The van der Waals surface area contributed by atoms with E-state index >= 15 is 0 Å². The minimum absolute atomic E-state index is 0.0303. The summed E-state index contributed by atoms with van der Waals surface area (Å²) in [5.41, 5.74) is 3.60. The fourth-order valence-electron chi connectivity index (χ4n) is 3.69. The molecule has 0 spiro atoms. The van der Waals surface area contributed by atoms with Crippen LogP contribution in [-0.4, -0.2) is 47.4 Å². The van der Waals surface area contributed by atoms with E-state index in [-0.39, 0.29) is 16.9 Å². The van der Waals surface area contributed by atoms with Crippen LogP contribution in [0.25, 0.3) is 11.3 Å². The molecule has 0 aliphatic carbocycles. The number of nitrogens with zero attached hydrogens (tertiary/aromatic N) is 4. The second kappa shape index (κ2) is 8.64. The van der Waals surface area contributed by atoms with Crippen LogP contribution in [0.1, 0.15) is 24.0 Å². The molecular weight excluding hydrogens is 416 g/mol. The van der Waals surface area contributed by atoms with Gasteiger partial charge in [0.2, 0.25) is 11.8 Å². The van der Waals surface area contributed by atoms with Gasteiger partial charge < -0.3 is 10.1 Å². The molecule has 1 atom stereocenters. The molecule has 1 unspecified atom stereocenters. The normalized spacial score (nSPS) is 16.8. The molecule has 1 aliphatic rings. The Morgan fingerprint density at radius 2 is 2.00 bits per heavy atom. The van der Waals surface area contributed by atoms with Crippen molar-refractivity contribution in [1.82, 2.24) is 25.1 Å². The van der Waals surface area contributed by atoms with E-state index in [0.29, 0.717) is 11.6 Å². The van der Waals surface area contributed by atoms with Crippen molar-refractivity contribution in [3.05, 3.63) is 47.8 Å². The number of sulfonamides is 1. The molecule has 4 rings (SSSR count). The Hall–Kier alpha value is -2.98. The molecule has 9 nitrogen and oxygen atoms in total. The molecule has 10 heteroatoms. The molecular formula is C21H26N6O3S. The molecule has 0 bridgehead atoms. The van der Waals surface area contributed by atoms with Gasteiger partial charge in [-0.2, -0.15) is 10.1 Å². The number of nitrogens with one attached hydrogen (secondary N) is 2. The maximum absolute atomic E-state index is 12.8. The predicted octanol–water partition coefficient (Wildman–Crippen LogP) is 2.43. The number of aryl methyl sites for hydroxylation is 3. The van der Waals surface area contributed by atoms with Crippen molar-refractivity contribution < 1.29 is 13.2 Å². The third kappa shape index (κ3) is 4.86. The number of hydrogen-bond donors (Lipinski definition) is 2. The van der Waals surface area contributed by atoms with Gasteiger partial charge in [0.1, 0.15) is 11.0 Å². The van der Waals surface area contributed by atoms with Crippen molar-refractivity contribution in [2.45, 2.75) is 37.7 Å². The molecule has 164 valence electrons. The third-order valence-corrected chi connectivity index (χ3v) is 6.48. The van der Waals surface area contributed by atoms with Gasteiger partial charge in [0.05, 0.1) is 11.9 Å². The first-order chi connectivity index (χ1) is 14.8. The first-order valence-corrected chi connectivity index (χ1v) is 11.6. The molecule has 0 radical (unpaired) electrons. The van der Waals surface area contributed by atoms with Gasteiger partial charge in [-0.15, -0.1) is 0 Å². The Balaban J connectivity index is 1.74. The van der Waals surface area contributed by atoms with Crippen molar-refractivity contribution in [3.8, 4) is 17.1 Å². The minimum Gasteiger partial charge on any atom is -0.473 e.